The smallest absolute Gasteiger partial charge is 0.411 e. The molecule has 0 spiro atoms. The van der Waals surface area contributed by atoms with Crippen LogP contribution in [0.5, 0.6) is 0 Å². The topological polar surface area (TPSA) is 118 Å². The van der Waals surface area contributed by atoms with Gasteiger partial charge < -0.3 is 29.7 Å². The number of likely N-dealkylation sites (tertiary alicyclic amines) is 1. The van der Waals surface area contributed by atoms with E-state index in [0.29, 0.717) is 6.42 Å². The second-order valence-corrected chi connectivity index (χ2v) is 10.6. The van der Waals surface area contributed by atoms with Crippen LogP contribution in [0.15, 0.2) is 60.7 Å². The highest BCUT2D eigenvalue weighted by Gasteiger charge is 2.51. The van der Waals surface area contributed by atoms with E-state index in [1.54, 1.807) is 27.7 Å². The number of ether oxygens (including phenoxy) is 3. The fourth-order valence-electron chi connectivity index (χ4n) is 4.41. The molecule has 2 amide bonds. The van der Waals surface area contributed by atoms with Crippen molar-refractivity contribution in [3.8, 4) is 0 Å². The molecule has 2 aromatic rings. The maximum atomic E-state index is 13.7. The predicted molar refractivity (Wildman–Crippen MR) is 142 cm³/mol. The van der Waals surface area contributed by atoms with Crippen LogP contribution < -0.4 is 5.32 Å². The lowest BCUT2D eigenvalue weighted by Crippen LogP contribution is -2.64. The molecule has 1 unspecified atom stereocenters. The Hall–Kier alpha value is -2.98. The minimum Gasteiger partial charge on any atom is -0.444 e. The molecule has 3 rings (SSSR count). The highest BCUT2D eigenvalue weighted by atomic mass is 16.6. The third kappa shape index (κ3) is 7.77. The third-order valence-corrected chi connectivity index (χ3v) is 6.52. The maximum Gasteiger partial charge on any atom is 0.411 e. The zero-order valence-electron chi connectivity index (χ0n) is 22.6. The fourth-order valence-corrected chi connectivity index (χ4v) is 4.41. The summed E-state index contributed by atoms with van der Waals surface area (Å²) in [5.41, 5.74) is -0.504. The van der Waals surface area contributed by atoms with E-state index in [1.165, 1.54) is 4.90 Å². The molecule has 1 aliphatic rings. The lowest BCUT2D eigenvalue weighted by atomic mass is 9.95. The van der Waals surface area contributed by atoms with Crippen molar-refractivity contribution >= 4 is 12.0 Å². The highest BCUT2D eigenvalue weighted by molar-refractivity contribution is 5.91. The fraction of sp³-hybridized carbons (Fsp3) is 0.517. The van der Waals surface area contributed by atoms with Crippen LogP contribution >= 0.6 is 0 Å². The lowest BCUT2D eigenvalue weighted by Gasteiger charge is -2.38. The van der Waals surface area contributed by atoms with Crippen LogP contribution in [0, 0.1) is 0 Å². The number of aliphatic hydroxyl groups is 2. The Balaban J connectivity index is 1.78. The van der Waals surface area contributed by atoms with Crippen molar-refractivity contribution in [2.75, 3.05) is 13.2 Å². The molecule has 3 N–H and O–H groups in total. The van der Waals surface area contributed by atoms with Crippen LogP contribution in [0.1, 0.15) is 51.7 Å². The maximum absolute atomic E-state index is 13.7. The first-order chi connectivity index (χ1) is 18.1. The molecule has 0 aromatic heterocycles. The zero-order valence-corrected chi connectivity index (χ0v) is 22.6. The number of carbonyl (C=O) groups is 2. The Labute approximate surface area is 224 Å². The van der Waals surface area contributed by atoms with Gasteiger partial charge in [-0.3, -0.25) is 9.69 Å². The lowest BCUT2D eigenvalue weighted by molar-refractivity contribution is -0.164. The molecule has 1 saturated heterocycles. The number of hydrogen-bond acceptors (Lipinski definition) is 7. The Morgan fingerprint density at radius 2 is 1.55 bits per heavy atom. The van der Waals surface area contributed by atoms with Gasteiger partial charge in [-0.2, -0.15) is 0 Å². The summed E-state index contributed by atoms with van der Waals surface area (Å²) < 4.78 is 17.2. The number of nitrogens with zero attached hydrogens (tertiary/aromatic N) is 1. The molecule has 0 saturated carbocycles. The second-order valence-electron chi connectivity index (χ2n) is 10.6. The van der Waals surface area contributed by atoms with Crippen molar-refractivity contribution in [1.82, 2.24) is 10.2 Å². The molecule has 4 atom stereocenters. The molecular weight excluding hydrogens is 488 g/mol. The Bertz CT molecular complexity index is 979. The van der Waals surface area contributed by atoms with Gasteiger partial charge in [0.05, 0.1) is 25.9 Å². The van der Waals surface area contributed by atoms with Crippen LogP contribution in [0.4, 0.5) is 4.79 Å². The van der Waals surface area contributed by atoms with E-state index in [4.69, 9.17) is 14.2 Å². The molecule has 208 valence electrons. The number of nitrogens with one attached hydrogen (secondary N) is 1. The van der Waals surface area contributed by atoms with Gasteiger partial charge in [0.2, 0.25) is 5.91 Å². The van der Waals surface area contributed by atoms with Crippen LogP contribution in [-0.2, 0) is 32.2 Å². The van der Waals surface area contributed by atoms with Gasteiger partial charge in [0.25, 0.3) is 0 Å². The molecule has 0 aliphatic carbocycles. The Kier molecular flexibility index (Phi) is 10.3. The first-order valence-corrected chi connectivity index (χ1v) is 13.0. The summed E-state index contributed by atoms with van der Waals surface area (Å²) in [4.78, 5) is 27.9. The minimum atomic E-state index is -1.53. The number of amides is 2. The van der Waals surface area contributed by atoms with E-state index in [0.717, 1.165) is 11.1 Å². The monoisotopic (exact) mass is 528 g/mol. The molecule has 1 fully saturated rings. The minimum absolute atomic E-state index is 0.120. The molecule has 0 radical (unpaired) electrons. The van der Waals surface area contributed by atoms with Crippen LogP contribution in [0.3, 0.4) is 0 Å². The molecule has 9 heteroatoms. The summed E-state index contributed by atoms with van der Waals surface area (Å²) in [6.07, 6.45) is -1.99. The molecule has 1 heterocycles. The van der Waals surface area contributed by atoms with E-state index in [1.807, 2.05) is 60.7 Å². The van der Waals surface area contributed by atoms with Gasteiger partial charge >= 0.3 is 6.09 Å². The Morgan fingerprint density at radius 1 is 1.00 bits per heavy atom. The number of benzene rings is 2. The Morgan fingerprint density at radius 3 is 2.08 bits per heavy atom. The molecule has 9 nitrogen and oxygen atoms in total. The van der Waals surface area contributed by atoms with E-state index >= 15 is 0 Å². The average Bonchev–Trinajstić information content (AvgIpc) is 3.35. The number of hydrogen-bond donors (Lipinski definition) is 3. The summed E-state index contributed by atoms with van der Waals surface area (Å²) in [5.74, 6) is -0.606. The van der Waals surface area contributed by atoms with Crippen molar-refractivity contribution in [2.24, 2.45) is 0 Å². The summed E-state index contributed by atoms with van der Waals surface area (Å²) >= 11 is 0. The molecule has 1 aliphatic heterocycles. The molecular formula is C29H40N2O7. The standard InChI is InChI=1S/C29H40N2O7/c1-21(36-18-22-12-7-5-8-13-22)24(25(33)37-19-23-14-9-6-10-15-23)30-26(34)29(20-32)16-11-17-31(29)27(35)38-28(2,3)4/h5-10,12-15,21,24-25,32-33H,11,16-20H2,1-4H3,(H,30,34)/t21-,24+,25?,29-/m1/s1. The first-order valence-electron chi connectivity index (χ1n) is 13.0. The van der Waals surface area contributed by atoms with Gasteiger partial charge in [-0.25, -0.2) is 4.79 Å². The van der Waals surface area contributed by atoms with Crippen LogP contribution in [0.25, 0.3) is 0 Å². The largest absolute Gasteiger partial charge is 0.444 e. The van der Waals surface area contributed by atoms with E-state index in [9.17, 15) is 19.8 Å². The van der Waals surface area contributed by atoms with E-state index in [2.05, 4.69) is 5.32 Å². The molecule has 0 bridgehead atoms. The zero-order chi connectivity index (χ0) is 27.8. The van der Waals surface area contributed by atoms with Crippen LogP contribution in [-0.4, -0.2) is 69.8 Å². The van der Waals surface area contributed by atoms with Crippen molar-refractivity contribution in [2.45, 2.75) is 83.3 Å². The van der Waals surface area contributed by atoms with Gasteiger partial charge in [-0.05, 0) is 51.7 Å². The molecule has 2 aromatic carbocycles. The van der Waals surface area contributed by atoms with E-state index < -0.39 is 48.2 Å². The van der Waals surface area contributed by atoms with Gasteiger partial charge in [-0.15, -0.1) is 0 Å². The highest BCUT2D eigenvalue weighted by Crippen LogP contribution is 2.31. The normalized spacial score (nSPS) is 20.0. The van der Waals surface area contributed by atoms with Crippen molar-refractivity contribution in [1.29, 1.82) is 0 Å². The van der Waals surface area contributed by atoms with Crippen LogP contribution in [0.2, 0.25) is 0 Å². The number of aliphatic hydroxyl groups excluding tert-OH is 2. The SMILES string of the molecule is C[C@@H](OCc1ccccc1)[C@H](NC(=O)[C@]1(CO)CCCN1C(=O)OC(C)(C)C)C(O)OCc1ccccc1. The quantitative estimate of drug-likeness (QED) is 0.383. The summed E-state index contributed by atoms with van der Waals surface area (Å²) in [5, 5.41) is 24.2. The number of carbonyl (C=O) groups excluding carboxylic acids is 2. The van der Waals surface area contributed by atoms with Gasteiger partial charge in [0.15, 0.2) is 6.29 Å². The van der Waals surface area contributed by atoms with Crippen molar-refractivity contribution < 1.29 is 34.0 Å². The summed E-state index contributed by atoms with van der Waals surface area (Å²) in [6.45, 7) is 7.00. The van der Waals surface area contributed by atoms with Gasteiger partial charge in [-0.1, -0.05) is 60.7 Å². The van der Waals surface area contributed by atoms with Gasteiger partial charge in [0.1, 0.15) is 17.2 Å². The van der Waals surface area contributed by atoms with Crippen molar-refractivity contribution in [3.05, 3.63) is 71.8 Å². The summed E-state index contributed by atoms with van der Waals surface area (Å²) in [7, 11) is 0. The molecule has 38 heavy (non-hydrogen) atoms. The first kappa shape index (κ1) is 29.6. The van der Waals surface area contributed by atoms with Crippen molar-refractivity contribution in [3.63, 3.8) is 0 Å². The predicted octanol–water partition coefficient (Wildman–Crippen LogP) is 3.37. The van der Waals surface area contributed by atoms with E-state index in [-0.39, 0.29) is 26.2 Å². The second kappa shape index (κ2) is 13.2. The third-order valence-electron chi connectivity index (χ3n) is 6.52. The average molecular weight is 529 g/mol. The van der Waals surface area contributed by atoms with Gasteiger partial charge in [0, 0.05) is 6.54 Å². The number of rotatable bonds is 11. The summed E-state index contributed by atoms with van der Waals surface area (Å²) in [6, 6.07) is 17.9.